The fourth-order valence-corrected chi connectivity index (χ4v) is 0.555. The lowest BCUT2D eigenvalue weighted by Crippen LogP contribution is -1.79. The molecule has 0 saturated heterocycles. The summed E-state index contributed by atoms with van der Waals surface area (Å²) in [5, 5.41) is 0. The summed E-state index contributed by atoms with van der Waals surface area (Å²) in [6.07, 6.45) is 1.58. The van der Waals surface area contributed by atoms with Gasteiger partial charge in [-0.05, 0) is 6.07 Å². The zero-order chi connectivity index (χ0) is 5.98. The van der Waals surface area contributed by atoms with Gasteiger partial charge < -0.3 is 4.42 Å². The van der Waals surface area contributed by atoms with Gasteiger partial charge in [0.05, 0.1) is 6.26 Å². The molecule has 0 fully saturated rings. The third kappa shape index (κ3) is 0.915. The van der Waals surface area contributed by atoms with E-state index in [9.17, 15) is 0 Å². The predicted molar refractivity (Wildman–Crippen MR) is 31.6 cm³/mol. The largest absolute Gasteiger partial charge is 0.468 e. The Balaban J connectivity index is 2.77. The number of rotatable bonds is 1. The second-order valence-electron chi connectivity index (χ2n) is 2.10. The van der Waals surface area contributed by atoms with Crippen molar-refractivity contribution in [1.29, 1.82) is 0 Å². The van der Waals surface area contributed by atoms with Crippen LogP contribution in [0, 0.1) is 6.07 Å². The number of hydrogen-bond acceptors (Lipinski definition) is 1. The molecule has 43 valence electrons. The summed E-state index contributed by atoms with van der Waals surface area (Å²) in [5.74, 6) is 1.49. The lowest BCUT2D eigenvalue weighted by atomic mass is 10.2. The molecule has 0 unspecified atom stereocenters. The minimum absolute atomic E-state index is 0.487. The van der Waals surface area contributed by atoms with Crippen LogP contribution in [0.1, 0.15) is 25.5 Å². The second kappa shape index (κ2) is 2.03. The molecular formula is C7H9O. The minimum Gasteiger partial charge on any atom is -0.468 e. The third-order valence-electron chi connectivity index (χ3n) is 1.06. The fourth-order valence-electron chi connectivity index (χ4n) is 0.555. The van der Waals surface area contributed by atoms with Gasteiger partial charge in [0.15, 0.2) is 0 Å². The molecule has 0 aliphatic carbocycles. The summed E-state index contributed by atoms with van der Waals surface area (Å²) < 4.78 is 5.04. The summed E-state index contributed by atoms with van der Waals surface area (Å²) >= 11 is 0. The highest BCUT2D eigenvalue weighted by Crippen LogP contribution is 2.12. The van der Waals surface area contributed by atoms with Crippen molar-refractivity contribution in [3.05, 3.63) is 24.2 Å². The van der Waals surface area contributed by atoms with Gasteiger partial charge in [0, 0.05) is 12.0 Å². The van der Waals surface area contributed by atoms with E-state index in [1.807, 2.05) is 6.07 Å². The average Bonchev–Trinajstić information content (AvgIpc) is 2.12. The van der Waals surface area contributed by atoms with Crippen LogP contribution in [0.5, 0.6) is 0 Å². The quantitative estimate of drug-likeness (QED) is 0.538. The monoisotopic (exact) mass is 109 g/mol. The van der Waals surface area contributed by atoms with Gasteiger partial charge in [-0.1, -0.05) is 13.8 Å². The van der Waals surface area contributed by atoms with Gasteiger partial charge in [-0.2, -0.15) is 0 Å². The summed E-state index contributed by atoms with van der Waals surface area (Å²) in [7, 11) is 0. The molecule has 1 nitrogen and oxygen atoms in total. The fraction of sp³-hybridized carbons (Fsp3) is 0.429. The van der Waals surface area contributed by atoms with E-state index in [2.05, 4.69) is 19.9 Å². The van der Waals surface area contributed by atoms with E-state index in [4.69, 9.17) is 4.42 Å². The Bertz CT molecular complexity index is 139. The van der Waals surface area contributed by atoms with Crippen LogP contribution in [0.25, 0.3) is 0 Å². The Morgan fingerprint density at radius 3 is 2.62 bits per heavy atom. The van der Waals surface area contributed by atoms with Gasteiger partial charge in [-0.25, -0.2) is 0 Å². The highest BCUT2D eigenvalue weighted by atomic mass is 16.3. The minimum atomic E-state index is 0.487. The molecule has 0 aliphatic heterocycles. The van der Waals surface area contributed by atoms with E-state index in [0.717, 1.165) is 5.76 Å². The predicted octanol–water partition coefficient (Wildman–Crippen LogP) is 2.20. The van der Waals surface area contributed by atoms with E-state index in [1.54, 1.807) is 6.26 Å². The van der Waals surface area contributed by atoms with Crippen molar-refractivity contribution in [2.24, 2.45) is 0 Å². The third-order valence-corrected chi connectivity index (χ3v) is 1.06. The van der Waals surface area contributed by atoms with E-state index in [0.29, 0.717) is 5.92 Å². The summed E-state index contributed by atoms with van der Waals surface area (Å²) in [6.45, 7) is 4.18. The van der Waals surface area contributed by atoms with Gasteiger partial charge in [0.2, 0.25) is 0 Å². The first-order valence-electron chi connectivity index (χ1n) is 2.75. The Kier molecular flexibility index (Phi) is 1.38. The number of hydrogen-bond donors (Lipinski definition) is 0. The van der Waals surface area contributed by atoms with Crippen molar-refractivity contribution in [3.8, 4) is 0 Å². The van der Waals surface area contributed by atoms with E-state index < -0.39 is 0 Å². The van der Waals surface area contributed by atoms with Crippen molar-refractivity contribution < 1.29 is 4.42 Å². The molecule has 1 aromatic rings. The van der Waals surface area contributed by atoms with Crippen LogP contribution in [0.4, 0.5) is 0 Å². The maximum absolute atomic E-state index is 5.04. The molecule has 1 heteroatoms. The maximum Gasteiger partial charge on any atom is 0.106 e. The topological polar surface area (TPSA) is 13.1 Å². The average molecular weight is 109 g/mol. The summed E-state index contributed by atoms with van der Waals surface area (Å²) in [6, 6.07) is 4.71. The zero-order valence-corrected chi connectivity index (χ0v) is 5.14. The first-order valence-corrected chi connectivity index (χ1v) is 2.75. The SMILES string of the molecule is CC(C)c1c[c]co1. The van der Waals surface area contributed by atoms with Crippen LogP contribution in [-0.2, 0) is 0 Å². The zero-order valence-electron chi connectivity index (χ0n) is 5.14. The molecular weight excluding hydrogens is 100 g/mol. The Morgan fingerprint density at radius 1 is 1.62 bits per heavy atom. The van der Waals surface area contributed by atoms with Gasteiger partial charge in [-0.3, -0.25) is 0 Å². The highest BCUT2D eigenvalue weighted by molar-refractivity contribution is 5.00. The van der Waals surface area contributed by atoms with Crippen LogP contribution in [0.15, 0.2) is 16.7 Å². The summed E-state index contributed by atoms with van der Waals surface area (Å²) in [5.41, 5.74) is 0. The molecule has 0 aromatic carbocycles. The van der Waals surface area contributed by atoms with Gasteiger partial charge in [0.25, 0.3) is 0 Å². The van der Waals surface area contributed by atoms with Crippen molar-refractivity contribution in [3.63, 3.8) is 0 Å². The molecule has 0 atom stereocenters. The van der Waals surface area contributed by atoms with Crippen LogP contribution >= 0.6 is 0 Å². The van der Waals surface area contributed by atoms with Crippen LogP contribution < -0.4 is 0 Å². The normalized spacial score (nSPS) is 10.4. The van der Waals surface area contributed by atoms with Gasteiger partial charge >= 0.3 is 0 Å². The van der Waals surface area contributed by atoms with Crippen molar-refractivity contribution >= 4 is 0 Å². The summed E-state index contributed by atoms with van der Waals surface area (Å²) in [4.78, 5) is 0. The molecule has 0 bridgehead atoms. The molecule has 1 radical (unpaired) electrons. The van der Waals surface area contributed by atoms with Gasteiger partial charge in [-0.15, -0.1) is 0 Å². The van der Waals surface area contributed by atoms with Crippen LogP contribution in [0.3, 0.4) is 0 Å². The Labute approximate surface area is 49.3 Å². The van der Waals surface area contributed by atoms with Gasteiger partial charge in [0.1, 0.15) is 5.76 Å². The molecule has 0 spiro atoms. The molecule has 1 rings (SSSR count). The lowest BCUT2D eigenvalue weighted by Gasteiger charge is -1.94. The van der Waals surface area contributed by atoms with E-state index in [1.165, 1.54) is 0 Å². The van der Waals surface area contributed by atoms with Crippen molar-refractivity contribution in [2.45, 2.75) is 19.8 Å². The Hall–Kier alpha value is -0.720. The number of furan rings is 1. The van der Waals surface area contributed by atoms with Crippen LogP contribution in [-0.4, -0.2) is 0 Å². The lowest BCUT2D eigenvalue weighted by molar-refractivity contribution is 0.486. The van der Waals surface area contributed by atoms with Crippen molar-refractivity contribution in [1.82, 2.24) is 0 Å². The molecule has 1 aromatic heterocycles. The van der Waals surface area contributed by atoms with Crippen LogP contribution in [0.2, 0.25) is 0 Å². The van der Waals surface area contributed by atoms with E-state index in [-0.39, 0.29) is 0 Å². The van der Waals surface area contributed by atoms with E-state index >= 15 is 0 Å². The molecule has 8 heavy (non-hydrogen) atoms. The molecule has 1 heterocycles. The smallest absolute Gasteiger partial charge is 0.106 e. The molecule has 0 N–H and O–H groups in total. The first-order chi connectivity index (χ1) is 3.80. The molecule has 0 aliphatic rings. The molecule has 0 amide bonds. The second-order valence-corrected chi connectivity index (χ2v) is 2.10. The Morgan fingerprint density at radius 2 is 2.38 bits per heavy atom. The van der Waals surface area contributed by atoms with Crippen molar-refractivity contribution in [2.75, 3.05) is 0 Å². The highest BCUT2D eigenvalue weighted by Gasteiger charge is 1.98. The first kappa shape index (κ1) is 5.42. The maximum atomic E-state index is 5.04. The molecule has 0 saturated carbocycles. The standard InChI is InChI=1S/C7H9O/c1-6(2)7-4-3-5-8-7/h4-6H,1-2H3.